The monoisotopic (exact) mass is 204 g/mol. The van der Waals surface area contributed by atoms with E-state index in [2.05, 4.69) is 46.3 Å². The number of aliphatic imine (C=N–C) groups is 1. The summed E-state index contributed by atoms with van der Waals surface area (Å²) in [6.45, 7) is 4.56. The van der Waals surface area contributed by atoms with E-state index in [1.165, 1.54) is 5.56 Å². The molecule has 0 saturated carbocycles. The van der Waals surface area contributed by atoms with E-state index in [9.17, 15) is 0 Å². The molecule has 0 fully saturated rings. The van der Waals surface area contributed by atoms with Gasteiger partial charge in [0, 0.05) is 12.2 Å². The molecule has 4 heteroatoms. The molecule has 2 rings (SSSR count). The van der Waals surface area contributed by atoms with Gasteiger partial charge in [-0.2, -0.15) is 0 Å². The van der Waals surface area contributed by atoms with Crippen molar-refractivity contribution in [2.75, 3.05) is 25.0 Å². The van der Waals surface area contributed by atoms with Gasteiger partial charge in [0.25, 0.3) is 0 Å². The maximum absolute atomic E-state index is 4.35. The summed E-state index contributed by atoms with van der Waals surface area (Å²) in [7, 11) is 0. The van der Waals surface area contributed by atoms with Gasteiger partial charge in [-0.25, -0.2) is 5.43 Å². The fourth-order valence-electron chi connectivity index (χ4n) is 1.49. The summed E-state index contributed by atoms with van der Waals surface area (Å²) in [6.07, 6.45) is 0. The van der Waals surface area contributed by atoms with Crippen LogP contribution in [0.5, 0.6) is 0 Å². The van der Waals surface area contributed by atoms with Crippen molar-refractivity contribution < 1.29 is 0 Å². The van der Waals surface area contributed by atoms with E-state index in [4.69, 9.17) is 0 Å². The minimum atomic E-state index is 0.733. The third-order valence-electron chi connectivity index (χ3n) is 2.25. The highest BCUT2D eigenvalue weighted by Crippen LogP contribution is 2.08. The molecule has 0 unspecified atom stereocenters. The minimum absolute atomic E-state index is 0.733. The van der Waals surface area contributed by atoms with Crippen molar-refractivity contribution in [2.24, 2.45) is 4.99 Å². The Hall–Kier alpha value is -1.55. The second-order valence-electron chi connectivity index (χ2n) is 3.60. The van der Waals surface area contributed by atoms with Gasteiger partial charge in [-0.05, 0) is 24.6 Å². The van der Waals surface area contributed by atoms with Crippen LogP contribution in [0.2, 0.25) is 0 Å². The average Bonchev–Trinajstić information content (AvgIpc) is 2.28. The predicted molar refractivity (Wildman–Crippen MR) is 63.1 cm³/mol. The van der Waals surface area contributed by atoms with Crippen LogP contribution in [0, 0.1) is 6.92 Å². The van der Waals surface area contributed by atoms with Gasteiger partial charge in [-0.15, -0.1) is 0 Å². The number of amidine groups is 1. The first-order valence-electron chi connectivity index (χ1n) is 5.17. The standard InChI is InChI=1S/C11H16N4/c1-9-3-2-4-10(7-9)13-8-11-12-5-6-14-15-11/h2-4,7,13-14H,5-6,8H2,1H3,(H,12,15). The number of hydrazine groups is 1. The van der Waals surface area contributed by atoms with Gasteiger partial charge in [0.15, 0.2) is 0 Å². The highest BCUT2D eigenvalue weighted by atomic mass is 15.4. The predicted octanol–water partition coefficient (Wildman–Crippen LogP) is 0.913. The zero-order valence-corrected chi connectivity index (χ0v) is 8.88. The Kier molecular flexibility index (Phi) is 3.19. The number of rotatable bonds is 3. The summed E-state index contributed by atoms with van der Waals surface area (Å²) in [6, 6.07) is 8.32. The van der Waals surface area contributed by atoms with Crippen LogP contribution in [0.3, 0.4) is 0 Å². The molecule has 0 saturated heterocycles. The first-order chi connectivity index (χ1) is 7.34. The lowest BCUT2D eigenvalue weighted by Gasteiger charge is -2.16. The van der Waals surface area contributed by atoms with Crippen LogP contribution in [0.1, 0.15) is 5.56 Å². The van der Waals surface area contributed by atoms with Crippen LogP contribution in [-0.2, 0) is 0 Å². The summed E-state index contributed by atoms with van der Waals surface area (Å²) < 4.78 is 0. The Labute approximate surface area is 89.8 Å². The number of hydrogen-bond donors (Lipinski definition) is 3. The first kappa shape index (κ1) is 9.98. The Morgan fingerprint density at radius 1 is 1.47 bits per heavy atom. The number of anilines is 1. The van der Waals surface area contributed by atoms with Crippen molar-refractivity contribution in [2.45, 2.75) is 6.92 Å². The lowest BCUT2D eigenvalue weighted by atomic mass is 10.2. The van der Waals surface area contributed by atoms with E-state index >= 15 is 0 Å². The van der Waals surface area contributed by atoms with E-state index in [-0.39, 0.29) is 0 Å². The molecule has 1 aliphatic rings. The number of nitrogens with zero attached hydrogens (tertiary/aromatic N) is 1. The number of aryl methyl sites for hydroxylation is 1. The van der Waals surface area contributed by atoms with Crippen molar-refractivity contribution in [1.82, 2.24) is 10.9 Å². The van der Waals surface area contributed by atoms with Crippen LogP contribution in [0.4, 0.5) is 5.69 Å². The van der Waals surface area contributed by atoms with Crippen molar-refractivity contribution >= 4 is 11.5 Å². The van der Waals surface area contributed by atoms with E-state index in [0.29, 0.717) is 0 Å². The first-order valence-corrected chi connectivity index (χ1v) is 5.17. The third kappa shape index (κ3) is 2.95. The van der Waals surface area contributed by atoms with Gasteiger partial charge in [0.1, 0.15) is 5.84 Å². The summed E-state index contributed by atoms with van der Waals surface area (Å²) in [5.74, 6) is 0.961. The van der Waals surface area contributed by atoms with Crippen LogP contribution in [0.15, 0.2) is 29.3 Å². The normalized spacial score (nSPS) is 15.4. The van der Waals surface area contributed by atoms with Crippen molar-refractivity contribution in [3.8, 4) is 0 Å². The molecule has 1 aliphatic heterocycles. The SMILES string of the molecule is Cc1cccc(NCC2=NCCNN2)c1. The topological polar surface area (TPSA) is 48.5 Å². The summed E-state index contributed by atoms with van der Waals surface area (Å²) in [5, 5.41) is 3.32. The van der Waals surface area contributed by atoms with Crippen LogP contribution in [-0.4, -0.2) is 25.5 Å². The summed E-state index contributed by atoms with van der Waals surface area (Å²) in [5.41, 5.74) is 8.49. The van der Waals surface area contributed by atoms with Gasteiger partial charge < -0.3 is 10.7 Å². The molecule has 0 spiro atoms. The second kappa shape index (κ2) is 4.79. The molecule has 0 aliphatic carbocycles. The number of hydrogen-bond acceptors (Lipinski definition) is 4. The van der Waals surface area contributed by atoms with Gasteiger partial charge in [-0.3, -0.25) is 4.99 Å². The van der Waals surface area contributed by atoms with E-state index < -0.39 is 0 Å². The zero-order valence-electron chi connectivity index (χ0n) is 8.88. The maximum Gasteiger partial charge on any atom is 0.130 e. The van der Waals surface area contributed by atoms with E-state index in [1.54, 1.807) is 0 Å². The quantitative estimate of drug-likeness (QED) is 0.686. The smallest absolute Gasteiger partial charge is 0.130 e. The molecule has 0 aromatic heterocycles. The Bertz CT molecular complexity index is 359. The molecule has 0 radical (unpaired) electrons. The second-order valence-corrected chi connectivity index (χ2v) is 3.60. The molecule has 15 heavy (non-hydrogen) atoms. The van der Waals surface area contributed by atoms with Crippen LogP contribution in [0.25, 0.3) is 0 Å². The average molecular weight is 204 g/mol. The Morgan fingerprint density at radius 3 is 3.13 bits per heavy atom. The molecule has 4 nitrogen and oxygen atoms in total. The molecule has 1 aromatic rings. The highest BCUT2D eigenvalue weighted by Gasteiger charge is 2.02. The van der Waals surface area contributed by atoms with Gasteiger partial charge in [-0.1, -0.05) is 12.1 Å². The number of benzene rings is 1. The van der Waals surface area contributed by atoms with Crippen molar-refractivity contribution in [3.63, 3.8) is 0 Å². The molecular weight excluding hydrogens is 188 g/mol. The lowest BCUT2D eigenvalue weighted by Crippen LogP contribution is -2.45. The molecule has 3 N–H and O–H groups in total. The van der Waals surface area contributed by atoms with Gasteiger partial charge >= 0.3 is 0 Å². The zero-order chi connectivity index (χ0) is 10.5. The molecule has 1 aromatic carbocycles. The lowest BCUT2D eigenvalue weighted by molar-refractivity contribution is 0.622. The molecule has 80 valence electrons. The summed E-state index contributed by atoms with van der Waals surface area (Å²) >= 11 is 0. The molecular formula is C11H16N4. The molecule has 1 heterocycles. The van der Waals surface area contributed by atoms with E-state index in [0.717, 1.165) is 31.2 Å². The van der Waals surface area contributed by atoms with Gasteiger partial charge in [0.05, 0.1) is 13.1 Å². The van der Waals surface area contributed by atoms with E-state index in [1.807, 2.05) is 6.07 Å². The van der Waals surface area contributed by atoms with Crippen molar-refractivity contribution in [1.29, 1.82) is 0 Å². The molecule has 0 amide bonds. The fourth-order valence-corrected chi connectivity index (χ4v) is 1.49. The third-order valence-corrected chi connectivity index (χ3v) is 2.25. The van der Waals surface area contributed by atoms with Gasteiger partial charge in [0.2, 0.25) is 0 Å². The number of nitrogens with one attached hydrogen (secondary N) is 3. The summed E-state index contributed by atoms with van der Waals surface area (Å²) in [4.78, 5) is 4.35. The Balaban J connectivity index is 1.90. The van der Waals surface area contributed by atoms with Crippen LogP contribution >= 0.6 is 0 Å². The highest BCUT2D eigenvalue weighted by molar-refractivity contribution is 5.86. The molecule has 0 atom stereocenters. The minimum Gasteiger partial charge on any atom is -0.378 e. The Morgan fingerprint density at radius 2 is 2.40 bits per heavy atom. The largest absolute Gasteiger partial charge is 0.378 e. The van der Waals surface area contributed by atoms with Crippen LogP contribution < -0.4 is 16.2 Å². The molecule has 0 bridgehead atoms. The van der Waals surface area contributed by atoms with Crippen molar-refractivity contribution in [3.05, 3.63) is 29.8 Å². The maximum atomic E-state index is 4.35. The fraction of sp³-hybridized carbons (Fsp3) is 0.364.